The first kappa shape index (κ1) is 24.5. The van der Waals surface area contributed by atoms with Crippen LogP contribution in [0.25, 0.3) is 0 Å². The van der Waals surface area contributed by atoms with E-state index >= 15 is 0 Å². The van der Waals surface area contributed by atoms with Gasteiger partial charge in [0.2, 0.25) is 11.8 Å². The van der Waals surface area contributed by atoms with E-state index in [1.54, 1.807) is 53.9 Å². The highest BCUT2D eigenvalue weighted by molar-refractivity contribution is 7.12. The molecule has 0 aliphatic heterocycles. The van der Waals surface area contributed by atoms with E-state index in [1.165, 1.54) is 16.2 Å². The zero-order valence-corrected chi connectivity index (χ0v) is 20.2. The summed E-state index contributed by atoms with van der Waals surface area (Å²) in [6.07, 6.45) is 0. The Balaban J connectivity index is 2.00. The highest BCUT2D eigenvalue weighted by Crippen LogP contribution is 2.30. The molecule has 0 fully saturated rings. The number of halogens is 1. The summed E-state index contributed by atoms with van der Waals surface area (Å²) in [6, 6.07) is 18.3. The minimum absolute atomic E-state index is 0.282. The van der Waals surface area contributed by atoms with E-state index in [9.17, 15) is 14.4 Å². The molecule has 2 N–H and O–H groups in total. The van der Waals surface area contributed by atoms with Crippen LogP contribution >= 0.6 is 22.9 Å². The lowest BCUT2D eigenvalue weighted by Crippen LogP contribution is -2.51. The number of carbonyl (C=O) groups is 3. The predicted octanol–water partition coefficient (Wildman–Crippen LogP) is 4.82. The maximum Gasteiger partial charge on any atom is 0.261 e. The maximum absolute atomic E-state index is 13.5. The van der Waals surface area contributed by atoms with Gasteiger partial charge in [-0.1, -0.05) is 54.1 Å². The van der Waals surface area contributed by atoms with Crippen molar-refractivity contribution in [1.29, 1.82) is 0 Å². The Kier molecular flexibility index (Phi) is 7.89. The van der Waals surface area contributed by atoms with Crippen LogP contribution in [0.15, 0.2) is 72.1 Å². The van der Waals surface area contributed by atoms with Crippen molar-refractivity contribution in [1.82, 2.24) is 10.6 Å². The molecule has 1 heterocycles. The molecule has 0 unspecified atom stereocenters. The predicted molar refractivity (Wildman–Crippen MR) is 133 cm³/mol. The third-order valence-corrected chi connectivity index (χ3v) is 5.72. The molecule has 6 nitrogen and oxygen atoms in total. The van der Waals surface area contributed by atoms with Crippen molar-refractivity contribution in [3.8, 4) is 0 Å². The first-order chi connectivity index (χ1) is 15.7. The van der Waals surface area contributed by atoms with Gasteiger partial charge < -0.3 is 10.6 Å². The molecule has 0 bridgehead atoms. The van der Waals surface area contributed by atoms with Crippen molar-refractivity contribution in [3.63, 3.8) is 0 Å². The first-order valence-corrected chi connectivity index (χ1v) is 11.7. The van der Waals surface area contributed by atoms with E-state index in [2.05, 4.69) is 10.6 Å². The van der Waals surface area contributed by atoms with Crippen molar-refractivity contribution in [3.05, 3.63) is 87.6 Å². The topological polar surface area (TPSA) is 78.5 Å². The molecule has 0 saturated carbocycles. The monoisotopic (exact) mass is 483 g/mol. The van der Waals surface area contributed by atoms with Crippen LogP contribution in [0.4, 0.5) is 5.69 Å². The second-order valence-electron chi connectivity index (χ2n) is 8.46. The molecule has 1 atom stereocenters. The third kappa shape index (κ3) is 6.66. The molecular formula is C25H26ClN3O3S. The Morgan fingerprint density at radius 3 is 2.33 bits per heavy atom. The van der Waals surface area contributed by atoms with Crippen LogP contribution in [0.3, 0.4) is 0 Å². The second-order valence-corrected chi connectivity index (χ2v) is 9.84. The molecular weight excluding hydrogens is 458 g/mol. The van der Waals surface area contributed by atoms with Gasteiger partial charge in [-0.2, -0.15) is 0 Å². The normalized spacial score (nSPS) is 12.0. The highest BCUT2D eigenvalue weighted by atomic mass is 35.5. The molecule has 0 aliphatic carbocycles. The molecule has 2 aromatic carbocycles. The number of nitrogens with zero attached hydrogens (tertiary/aromatic N) is 1. The van der Waals surface area contributed by atoms with Gasteiger partial charge in [0.05, 0.1) is 11.4 Å². The molecule has 172 valence electrons. The van der Waals surface area contributed by atoms with Gasteiger partial charge in [-0.3, -0.25) is 19.3 Å². The standard InChI is InChI=1S/C25H26ClN3O3S/c1-25(2,3)28-24(32)22(17-9-5-4-6-10-17)29(19-12-7-11-18(26)15-19)21(30)16-27-23(31)20-13-8-14-33-20/h4-15,22H,16H2,1-3H3,(H,27,31)(H,28,32)/t22-/m0/s1. The number of nitrogens with one attached hydrogen (secondary N) is 2. The molecule has 0 radical (unpaired) electrons. The molecule has 3 amide bonds. The van der Waals surface area contributed by atoms with Crippen molar-refractivity contribution in [2.45, 2.75) is 32.4 Å². The van der Waals surface area contributed by atoms with Crippen LogP contribution in [-0.2, 0) is 9.59 Å². The van der Waals surface area contributed by atoms with Crippen molar-refractivity contribution in [2.24, 2.45) is 0 Å². The van der Waals surface area contributed by atoms with Crippen LogP contribution < -0.4 is 15.5 Å². The minimum atomic E-state index is -0.963. The average Bonchev–Trinajstić information content (AvgIpc) is 3.30. The molecule has 3 aromatic rings. The molecule has 0 saturated heterocycles. The quantitative estimate of drug-likeness (QED) is 0.505. The van der Waals surface area contributed by atoms with Crippen LogP contribution in [0, 0.1) is 0 Å². The van der Waals surface area contributed by atoms with Gasteiger partial charge in [0.25, 0.3) is 5.91 Å². The zero-order valence-electron chi connectivity index (χ0n) is 18.7. The van der Waals surface area contributed by atoms with E-state index < -0.39 is 17.5 Å². The Morgan fingerprint density at radius 1 is 1.00 bits per heavy atom. The van der Waals surface area contributed by atoms with Crippen molar-refractivity contribution < 1.29 is 14.4 Å². The van der Waals surface area contributed by atoms with Crippen molar-refractivity contribution in [2.75, 3.05) is 11.4 Å². The molecule has 0 spiro atoms. The summed E-state index contributed by atoms with van der Waals surface area (Å²) in [5.74, 6) is -1.13. The number of hydrogen-bond acceptors (Lipinski definition) is 4. The summed E-state index contributed by atoms with van der Waals surface area (Å²) in [5, 5.41) is 7.85. The fourth-order valence-corrected chi connectivity index (χ4v) is 4.11. The minimum Gasteiger partial charge on any atom is -0.349 e. The maximum atomic E-state index is 13.5. The fraction of sp³-hybridized carbons (Fsp3) is 0.240. The van der Waals surface area contributed by atoms with Crippen LogP contribution in [0.5, 0.6) is 0 Å². The lowest BCUT2D eigenvalue weighted by atomic mass is 10.0. The number of benzene rings is 2. The van der Waals surface area contributed by atoms with Gasteiger partial charge in [0.15, 0.2) is 0 Å². The van der Waals surface area contributed by atoms with Gasteiger partial charge in [0, 0.05) is 16.2 Å². The van der Waals surface area contributed by atoms with E-state index in [0.29, 0.717) is 21.2 Å². The van der Waals surface area contributed by atoms with Crippen LogP contribution in [0.2, 0.25) is 5.02 Å². The summed E-state index contributed by atoms with van der Waals surface area (Å²) in [7, 11) is 0. The van der Waals surface area contributed by atoms with Gasteiger partial charge in [0.1, 0.15) is 6.04 Å². The third-order valence-electron chi connectivity index (χ3n) is 4.62. The molecule has 0 aliphatic rings. The Morgan fingerprint density at radius 2 is 1.73 bits per heavy atom. The lowest BCUT2D eigenvalue weighted by molar-refractivity contribution is -0.127. The summed E-state index contributed by atoms with van der Waals surface area (Å²) in [6.45, 7) is 5.34. The number of rotatable bonds is 7. The Hall–Kier alpha value is -3.16. The summed E-state index contributed by atoms with van der Waals surface area (Å²) < 4.78 is 0. The van der Waals surface area contributed by atoms with Gasteiger partial charge in [-0.25, -0.2) is 0 Å². The van der Waals surface area contributed by atoms with Crippen LogP contribution in [-0.4, -0.2) is 29.8 Å². The lowest BCUT2D eigenvalue weighted by Gasteiger charge is -2.34. The van der Waals surface area contributed by atoms with E-state index in [4.69, 9.17) is 11.6 Å². The van der Waals surface area contributed by atoms with E-state index in [0.717, 1.165) is 0 Å². The summed E-state index contributed by atoms with van der Waals surface area (Å²) >= 11 is 7.50. The van der Waals surface area contributed by atoms with Crippen LogP contribution in [0.1, 0.15) is 42.0 Å². The molecule has 33 heavy (non-hydrogen) atoms. The molecule has 3 rings (SSSR count). The fourth-order valence-electron chi connectivity index (χ4n) is 3.29. The second kappa shape index (κ2) is 10.6. The summed E-state index contributed by atoms with van der Waals surface area (Å²) in [5.41, 5.74) is 0.577. The van der Waals surface area contributed by atoms with E-state index in [-0.39, 0.29) is 18.4 Å². The van der Waals surface area contributed by atoms with Gasteiger partial charge >= 0.3 is 0 Å². The zero-order chi connectivity index (χ0) is 24.0. The largest absolute Gasteiger partial charge is 0.349 e. The smallest absolute Gasteiger partial charge is 0.261 e. The molecule has 8 heteroatoms. The highest BCUT2D eigenvalue weighted by Gasteiger charge is 2.34. The average molecular weight is 484 g/mol. The van der Waals surface area contributed by atoms with Gasteiger partial charge in [-0.05, 0) is 56.0 Å². The number of hydrogen-bond donors (Lipinski definition) is 2. The Labute approximate surface area is 202 Å². The SMILES string of the molecule is CC(C)(C)NC(=O)[C@H](c1ccccc1)N(C(=O)CNC(=O)c1cccs1)c1cccc(Cl)c1. The number of carbonyl (C=O) groups excluding carboxylic acids is 3. The Bertz CT molecular complexity index is 1110. The van der Waals surface area contributed by atoms with Crippen molar-refractivity contribution >= 4 is 46.3 Å². The number of anilines is 1. The van der Waals surface area contributed by atoms with Gasteiger partial charge in [-0.15, -0.1) is 11.3 Å². The molecule has 1 aromatic heterocycles. The van der Waals surface area contributed by atoms with E-state index in [1.807, 2.05) is 39.0 Å². The summed E-state index contributed by atoms with van der Waals surface area (Å²) in [4.78, 5) is 41.3. The number of amides is 3. The first-order valence-electron chi connectivity index (χ1n) is 10.4. The number of thiophene rings is 1.